The first kappa shape index (κ1) is 21.4. The van der Waals surface area contributed by atoms with Crippen molar-refractivity contribution in [3.05, 3.63) is 106 Å². The Hall–Kier alpha value is -2.29. The van der Waals surface area contributed by atoms with E-state index in [9.17, 15) is 0 Å². The minimum atomic E-state index is 0.456. The number of hydrogen-bond acceptors (Lipinski definition) is 2. The summed E-state index contributed by atoms with van der Waals surface area (Å²) in [7, 11) is 0. The fraction of sp³-hybridized carbons (Fsp3) is 0.259. The van der Waals surface area contributed by atoms with Crippen molar-refractivity contribution in [3.8, 4) is 0 Å². The van der Waals surface area contributed by atoms with Crippen LogP contribution >= 0.6 is 11.8 Å². The molecule has 1 aromatic rings. The Morgan fingerprint density at radius 2 is 1.90 bits per heavy atom. The summed E-state index contributed by atoms with van der Waals surface area (Å²) in [5, 5.41) is 3.57. The summed E-state index contributed by atoms with van der Waals surface area (Å²) in [6.45, 7) is 14.0. The van der Waals surface area contributed by atoms with Crippen molar-refractivity contribution in [1.82, 2.24) is 5.32 Å². The number of nitrogens with one attached hydrogen (secondary N) is 1. The molecule has 0 radical (unpaired) electrons. The molecular formula is C27H31NS. The molecule has 0 amide bonds. The average molecular weight is 402 g/mol. The fourth-order valence-corrected chi connectivity index (χ4v) is 4.68. The molecule has 3 rings (SSSR count). The van der Waals surface area contributed by atoms with Crippen LogP contribution in [0, 0.1) is 0 Å². The largest absolute Gasteiger partial charge is 0.309 e. The molecule has 0 aromatic heterocycles. The highest BCUT2D eigenvalue weighted by atomic mass is 32.2. The third kappa shape index (κ3) is 5.20. The van der Waals surface area contributed by atoms with E-state index >= 15 is 0 Å². The Morgan fingerprint density at radius 3 is 2.55 bits per heavy atom. The molecule has 2 heteroatoms. The second kappa shape index (κ2) is 9.96. The second-order valence-corrected chi connectivity index (χ2v) is 8.62. The van der Waals surface area contributed by atoms with Crippen LogP contribution < -0.4 is 5.32 Å². The maximum absolute atomic E-state index is 4.36. The van der Waals surface area contributed by atoms with Crippen molar-refractivity contribution in [3.63, 3.8) is 0 Å². The molecule has 29 heavy (non-hydrogen) atoms. The molecule has 2 aliphatic heterocycles. The smallest absolute Gasteiger partial charge is 0.0396 e. The summed E-state index contributed by atoms with van der Waals surface area (Å²) in [5.74, 6) is 0. The lowest BCUT2D eigenvalue weighted by Crippen LogP contribution is -2.43. The maximum Gasteiger partial charge on any atom is 0.0396 e. The van der Waals surface area contributed by atoms with Gasteiger partial charge in [-0.2, -0.15) is 0 Å². The Balaban J connectivity index is 1.99. The van der Waals surface area contributed by atoms with E-state index in [0.29, 0.717) is 6.04 Å². The highest BCUT2D eigenvalue weighted by Gasteiger charge is 2.24. The SMILES string of the molecule is C=C1/C=C(/C(C)=C/C=C(C)/C(/C=C\C)=C/C)\C=C(\C2CCN2)Sc2ccccc21. The lowest BCUT2D eigenvalue weighted by Gasteiger charge is -2.31. The molecule has 0 bridgehead atoms. The zero-order valence-electron chi connectivity index (χ0n) is 18.0. The number of allylic oxidation sites excluding steroid dienone is 12. The normalized spacial score (nSPS) is 24.8. The second-order valence-electron chi connectivity index (χ2n) is 7.51. The van der Waals surface area contributed by atoms with Gasteiger partial charge < -0.3 is 5.32 Å². The van der Waals surface area contributed by atoms with Crippen LogP contribution in [0.15, 0.2) is 105 Å². The van der Waals surface area contributed by atoms with Crippen molar-refractivity contribution in [2.45, 2.75) is 45.1 Å². The predicted molar refractivity (Wildman–Crippen MR) is 130 cm³/mol. The summed E-state index contributed by atoms with van der Waals surface area (Å²) in [6.07, 6.45) is 16.6. The van der Waals surface area contributed by atoms with E-state index in [2.05, 4.69) is 106 Å². The topological polar surface area (TPSA) is 12.0 Å². The van der Waals surface area contributed by atoms with Crippen molar-refractivity contribution in [2.75, 3.05) is 6.54 Å². The van der Waals surface area contributed by atoms with Gasteiger partial charge in [0.1, 0.15) is 0 Å². The maximum atomic E-state index is 4.36. The number of hydrogen-bond donors (Lipinski definition) is 1. The molecule has 2 aliphatic rings. The van der Waals surface area contributed by atoms with Gasteiger partial charge in [0.05, 0.1) is 0 Å². The molecule has 1 aromatic carbocycles. The fourth-order valence-electron chi connectivity index (χ4n) is 3.45. The minimum absolute atomic E-state index is 0.456. The summed E-state index contributed by atoms with van der Waals surface area (Å²) in [4.78, 5) is 2.67. The Kier molecular flexibility index (Phi) is 7.35. The van der Waals surface area contributed by atoms with Crippen LogP contribution in [0.3, 0.4) is 0 Å². The number of fused-ring (bicyclic) bond motifs is 1. The summed E-state index contributed by atoms with van der Waals surface area (Å²) >= 11 is 1.88. The van der Waals surface area contributed by atoms with E-state index in [1.807, 2.05) is 11.8 Å². The lowest BCUT2D eigenvalue weighted by molar-refractivity contribution is 0.431. The molecular weight excluding hydrogens is 370 g/mol. The van der Waals surface area contributed by atoms with Gasteiger partial charge >= 0.3 is 0 Å². The Bertz CT molecular complexity index is 962. The van der Waals surface area contributed by atoms with Crippen molar-refractivity contribution in [1.29, 1.82) is 0 Å². The van der Waals surface area contributed by atoms with Gasteiger partial charge in [-0.05, 0) is 92.3 Å². The van der Waals surface area contributed by atoms with Gasteiger partial charge in [0, 0.05) is 15.8 Å². The first-order valence-electron chi connectivity index (χ1n) is 10.3. The van der Waals surface area contributed by atoms with Crippen molar-refractivity contribution in [2.24, 2.45) is 0 Å². The number of thioether (sulfide) groups is 1. The van der Waals surface area contributed by atoms with Crippen LogP contribution in [-0.2, 0) is 0 Å². The van der Waals surface area contributed by atoms with Gasteiger partial charge in [-0.25, -0.2) is 0 Å². The molecule has 2 heterocycles. The quantitative estimate of drug-likeness (QED) is 0.516. The van der Waals surface area contributed by atoms with Crippen LogP contribution in [0.25, 0.3) is 5.57 Å². The van der Waals surface area contributed by atoms with E-state index in [4.69, 9.17) is 0 Å². The zero-order chi connectivity index (χ0) is 20.8. The monoisotopic (exact) mass is 401 g/mol. The predicted octanol–water partition coefficient (Wildman–Crippen LogP) is 7.39. The van der Waals surface area contributed by atoms with Crippen LogP contribution in [0.5, 0.6) is 0 Å². The molecule has 1 atom stereocenters. The third-order valence-corrected chi connectivity index (χ3v) is 6.62. The van der Waals surface area contributed by atoms with Gasteiger partial charge in [0.2, 0.25) is 0 Å². The molecule has 0 aliphatic carbocycles. The summed E-state index contributed by atoms with van der Waals surface area (Å²) in [6, 6.07) is 9.04. The molecule has 1 fully saturated rings. The minimum Gasteiger partial charge on any atom is -0.309 e. The van der Waals surface area contributed by atoms with Crippen molar-refractivity contribution >= 4 is 17.3 Å². The van der Waals surface area contributed by atoms with Gasteiger partial charge in [-0.15, -0.1) is 0 Å². The van der Waals surface area contributed by atoms with Gasteiger partial charge in [-0.3, -0.25) is 0 Å². The average Bonchev–Trinajstić information content (AvgIpc) is 2.67. The molecule has 1 nitrogen and oxygen atoms in total. The van der Waals surface area contributed by atoms with E-state index in [1.165, 1.54) is 44.1 Å². The summed E-state index contributed by atoms with van der Waals surface area (Å²) in [5.41, 5.74) is 7.29. The van der Waals surface area contributed by atoms with Crippen molar-refractivity contribution < 1.29 is 0 Å². The van der Waals surface area contributed by atoms with Gasteiger partial charge in [0.15, 0.2) is 0 Å². The first-order chi connectivity index (χ1) is 14.0. The highest BCUT2D eigenvalue weighted by Crippen LogP contribution is 2.40. The van der Waals surface area contributed by atoms with Crippen LogP contribution in [-0.4, -0.2) is 12.6 Å². The number of rotatable bonds is 5. The van der Waals surface area contributed by atoms with Crippen LogP contribution in [0.2, 0.25) is 0 Å². The number of benzene rings is 1. The summed E-state index contributed by atoms with van der Waals surface area (Å²) < 4.78 is 0. The van der Waals surface area contributed by atoms with E-state index in [1.54, 1.807) is 0 Å². The Morgan fingerprint density at radius 1 is 1.14 bits per heavy atom. The molecule has 1 saturated heterocycles. The van der Waals surface area contributed by atoms with Crippen LogP contribution in [0.4, 0.5) is 0 Å². The van der Waals surface area contributed by atoms with E-state index in [-0.39, 0.29) is 0 Å². The molecule has 150 valence electrons. The highest BCUT2D eigenvalue weighted by molar-refractivity contribution is 8.03. The molecule has 0 spiro atoms. The van der Waals surface area contributed by atoms with Crippen LogP contribution in [0.1, 0.15) is 39.7 Å². The Labute approximate surface area is 180 Å². The van der Waals surface area contributed by atoms with Gasteiger partial charge in [0.25, 0.3) is 0 Å². The van der Waals surface area contributed by atoms with Gasteiger partial charge in [-0.1, -0.05) is 66.9 Å². The molecule has 1 N–H and O–H groups in total. The van der Waals surface area contributed by atoms with E-state index < -0.39 is 0 Å². The first-order valence-corrected chi connectivity index (χ1v) is 11.1. The molecule has 0 saturated carbocycles. The van der Waals surface area contributed by atoms with E-state index in [0.717, 1.165) is 12.1 Å². The third-order valence-electron chi connectivity index (χ3n) is 5.41. The zero-order valence-corrected chi connectivity index (χ0v) is 18.8. The standard InChI is InChI=1S/C27H31NS/c1-6-10-22(7-2)19(3)13-14-20(4)23-17-21(5)24-11-8-9-12-26(24)29-27(18-23)25-15-16-28-25/h6-14,17-18,25,28H,5,15-16H2,1-4H3/b10-6-,19-13+,20-14+,22-7+,23-17+,27-18-. The molecule has 1 unspecified atom stereocenters. The lowest BCUT2D eigenvalue weighted by atomic mass is 9.97.